The number of halogens is 2. The third-order valence-corrected chi connectivity index (χ3v) is 6.31. The second-order valence-corrected chi connectivity index (χ2v) is 8.80. The van der Waals surface area contributed by atoms with Crippen molar-refractivity contribution in [1.29, 1.82) is 0 Å². The molecule has 2 aliphatic rings. The van der Waals surface area contributed by atoms with E-state index in [1.807, 2.05) is 0 Å². The Balaban J connectivity index is 1.36. The van der Waals surface area contributed by atoms with E-state index in [0.29, 0.717) is 22.7 Å². The molecule has 0 aromatic carbocycles. The number of thiazole rings is 1. The van der Waals surface area contributed by atoms with Crippen molar-refractivity contribution >= 4 is 34.6 Å². The fourth-order valence-electron chi connectivity index (χ4n) is 3.70. The summed E-state index contributed by atoms with van der Waals surface area (Å²) in [5.74, 6) is -3.11. The summed E-state index contributed by atoms with van der Waals surface area (Å²) in [5.41, 5.74) is 1.89. The minimum absolute atomic E-state index is 0.0278. The number of nitrogens with zero attached hydrogens (tertiary/aromatic N) is 4. The predicted molar refractivity (Wildman–Crippen MR) is 109 cm³/mol. The van der Waals surface area contributed by atoms with Crippen LogP contribution in [0.1, 0.15) is 29.1 Å². The maximum Gasteiger partial charge on any atom is 0.283 e. The Morgan fingerprint density at radius 2 is 2.06 bits per heavy atom. The molecule has 0 unspecified atom stereocenters. The number of aliphatic hydroxyl groups excluding tert-OH is 1. The van der Waals surface area contributed by atoms with Gasteiger partial charge >= 0.3 is 0 Å². The summed E-state index contributed by atoms with van der Waals surface area (Å²) in [5, 5.41) is 13.9. The molecule has 2 amide bonds. The number of hydrogen-bond donors (Lipinski definition) is 2. The smallest absolute Gasteiger partial charge is 0.283 e. The monoisotopic (exact) mass is 447 g/mol. The van der Waals surface area contributed by atoms with Gasteiger partial charge in [-0.3, -0.25) is 9.59 Å². The molecule has 1 aliphatic carbocycles. The molecule has 0 radical (unpaired) electrons. The van der Waals surface area contributed by atoms with Crippen molar-refractivity contribution in [2.75, 3.05) is 18.5 Å². The summed E-state index contributed by atoms with van der Waals surface area (Å²) in [6.07, 6.45) is 4.74. The summed E-state index contributed by atoms with van der Waals surface area (Å²) < 4.78 is 29.1. The van der Waals surface area contributed by atoms with Gasteiger partial charge in [-0.2, -0.15) is 0 Å². The van der Waals surface area contributed by atoms with Crippen LogP contribution < -0.4 is 5.32 Å². The highest BCUT2D eigenvalue weighted by Gasteiger charge is 2.47. The molecule has 1 saturated carbocycles. The Labute approximate surface area is 179 Å². The van der Waals surface area contributed by atoms with Crippen molar-refractivity contribution in [3.8, 4) is 11.3 Å². The number of fused-ring (bicyclic) bond motifs is 1. The van der Waals surface area contributed by atoms with Crippen molar-refractivity contribution in [2.45, 2.75) is 31.2 Å². The molecule has 2 N–H and O–H groups in total. The molecule has 0 spiro atoms. The summed E-state index contributed by atoms with van der Waals surface area (Å²) in [4.78, 5) is 34.3. The van der Waals surface area contributed by atoms with E-state index in [9.17, 15) is 23.5 Å². The average molecular weight is 447 g/mol. The maximum absolute atomic E-state index is 13.7. The van der Waals surface area contributed by atoms with E-state index in [4.69, 9.17) is 0 Å². The molecule has 8 nitrogen and oxygen atoms in total. The topological polar surface area (TPSA) is 99.8 Å². The molecule has 2 fully saturated rings. The van der Waals surface area contributed by atoms with Gasteiger partial charge in [0.1, 0.15) is 5.65 Å². The molecule has 3 aromatic rings. The van der Waals surface area contributed by atoms with Gasteiger partial charge in [0.05, 0.1) is 31.1 Å². The van der Waals surface area contributed by atoms with Gasteiger partial charge in [0.25, 0.3) is 11.8 Å². The van der Waals surface area contributed by atoms with Crippen LogP contribution in [0.25, 0.3) is 16.9 Å². The van der Waals surface area contributed by atoms with Crippen molar-refractivity contribution in [3.05, 3.63) is 34.9 Å². The molecule has 11 heteroatoms. The molecule has 0 bridgehead atoms. The van der Waals surface area contributed by atoms with Crippen molar-refractivity contribution in [1.82, 2.24) is 19.3 Å². The summed E-state index contributed by atoms with van der Waals surface area (Å²) >= 11 is 1.07. The number of anilines is 1. The Kier molecular flexibility index (Phi) is 4.74. The van der Waals surface area contributed by atoms with Crippen LogP contribution in [0.15, 0.2) is 29.9 Å². The summed E-state index contributed by atoms with van der Waals surface area (Å²) in [6, 6.07) is 2.64. The number of alkyl halides is 2. The van der Waals surface area contributed by atoms with E-state index in [0.717, 1.165) is 29.1 Å². The normalized spacial score (nSPS) is 20.4. The number of aromatic nitrogens is 3. The number of amides is 2. The minimum Gasteiger partial charge on any atom is -0.394 e. The van der Waals surface area contributed by atoms with Crippen molar-refractivity contribution < 1.29 is 23.5 Å². The van der Waals surface area contributed by atoms with Crippen molar-refractivity contribution in [3.63, 3.8) is 0 Å². The first kappa shape index (κ1) is 20.0. The Morgan fingerprint density at radius 1 is 1.26 bits per heavy atom. The highest BCUT2D eigenvalue weighted by atomic mass is 32.1. The predicted octanol–water partition coefficient (Wildman–Crippen LogP) is 2.65. The van der Waals surface area contributed by atoms with Crippen LogP contribution in [-0.2, 0) is 4.79 Å². The lowest BCUT2D eigenvalue weighted by Crippen LogP contribution is -2.38. The minimum atomic E-state index is -3.01. The van der Waals surface area contributed by atoms with Crippen LogP contribution in [0.2, 0.25) is 0 Å². The standard InChI is InChI=1S/C20H19F2N5O3S/c21-20(22)5-13(8-28)27(10-20)19(30)18-23-14(9-31-18)12-3-4-16-24-15(7-26(16)6-12)25-17(29)11-1-2-11/h3-4,6-7,9,11,13,28H,1-2,5,8,10H2,(H,25,29)/t13-/m0/s1. The number of likely N-dealkylation sites (tertiary alicyclic amines) is 1. The zero-order valence-corrected chi connectivity index (χ0v) is 17.1. The van der Waals surface area contributed by atoms with Gasteiger partial charge in [-0.15, -0.1) is 11.3 Å². The lowest BCUT2D eigenvalue weighted by Gasteiger charge is -2.20. The SMILES string of the molecule is O=C(Nc1cn2cc(-c3csc(C(=O)N4CC(F)(F)C[C@H]4CO)n3)ccc2n1)C1CC1. The van der Waals surface area contributed by atoms with E-state index < -0.39 is 37.4 Å². The van der Waals surface area contributed by atoms with Gasteiger partial charge < -0.3 is 19.7 Å². The van der Waals surface area contributed by atoms with Gasteiger partial charge in [0.2, 0.25) is 5.91 Å². The fourth-order valence-corrected chi connectivity index (χ4v) is 4.48. The van der Waals surface area contributed by atoms with Crippen LogP contribution >= 0.6 is 11.3 Å². The Morgan fingerprint density at radius 3 is 2.81 bits per heavy atom. The number of pyridine rings is 1. The molecule has 31 heavy (non-hydrogen) atoms. The number of imidazole rings is 1. The molecular weight excluding hydrogens is 428 g/mol. The number of carbonyl (C=O) groups is 2. The first-order valence-corrected chi connectivity index (χ1v) is 10.8. The van der Waals surface area contributed by atoms with Crippen LogP contribution in [-0.4, -0.2) is 61.3 Å². The van der Waals surface area contributed by atoms with E-state index >= 15 is 0 Å². The molecule has 4 heterocycles. The van der Waals surface area contributed by atoms with Crippen LogP contribution in [0.4, 0.5) is 14.6 Å². The zero-order valence-electron chi connectivity index (χ0n) is 16.3. The number of carbonyl (C=O) groups excluding carboxylic acids is 2. The van der Waals surface area contributed by atoms with Crippen molar-refractivity contribution in [2.24, 2.45) is 5.92 Å². The summed E-state index contributed by atoms with van der Waals surface area (Å²) in [6.45, 7) is -1.24. The molecular formula is C20H19F2N5O3S. The molecule has 162 valence electrons. The lowest BCUT2D eigenvalue weighted by molar-refractivity contribution is -0.117. The van der Waals surface area contributed by atoms with Gasteiger partial charge in [-0.05, 0) is 25.0 Å². The zero-order chi connectivity index (χ0) is 21.8. The van der Waals surface area contributed by atoms with Crippen LogP contribution in [0, 0.1) is 5.92 Å². The second-order valence-electron chi connectivity index (χ2n) is 7.94. The van der Waals surface area contributed by atoms with E-state index in [-0.39, 0.29) is 16.8 Å². The average Bonchev–Trinajstić information content (AvgIpc) is 3.20. The quantitative estimate of drug-likeness (QED) is 0.627. The van der Waals surface area contributed by atoms with Crippen LogP contribution in [0.3, 0.4) is 0 Å². The van der Waals surface area contributed by atoms with E-state index in [1.54, 1.807) is 34.3 Å². The van der Waals surface area contributed by atoms with Gasteiger partial charge in [-0.1, -0.05) is 0 Å². The van der Waals surface area contributed by atoms with Gasteiger partial charge in [0, 0.05) is 29.5 Å². The fraction of sp³-hybridized carbons (Fsp3) is 0.400. The summed E-state index contributed by atoms with van der Waals surface area (Å²) in [7, 11) is 0. The van der Waals surface area contributed by atoms with Gasteiger partial charge in [0.15, 0.2) is 10.8 Å². The second kappa shape index (κ2) is 7.34. The largest absolute Gasteiger partial charge is 0.394 e. The highest BCUT2D eigenvalue weighted by Crippen LogP contribution is 2.34. The van der Waals surface area contributed by atoms with Crippen LogP contribution in [0.5, 0.6) is 0 Å². The first-order valence-electron chi connectivity index (χ1n) is 9.88. The lowest BCUT2D eigenvalue weighted by atomic mass is 10.2. The maximum atomic E-state index is 13.7. The third-order valence-electron chi connectivity index (χ3n) is 5.48. The molecule has 1 saturated heterocycles. The number of hydrogen-bond acceptors (Lipinski definition) is 6. The number of aliphatic hydroxyl groups is 1. The van der Waals surface area contributed by atoms with E-state index in [1.165, 1.54) is 0 Å². The van der Waals surface area contributed by atoms with E-state index in [2.05, 4.69) is 15.3 Å². The van der Waals surface area contributed by atoms with Gasteiger partial charge in [-0.25, -0.2) is 18.7 Å². The molecule has 1 atom stereocenters. The number of rotatable bonds is 5. The molecule has 5 rings (SSSR count). The number of nitrogens with one attached hydrogen (secondary N) is 1. The Bertz CT molecular complexity index is 1170. The third kappa shape index (κ3) is 3.90. The molecule has 1 aliphatic heterocycles. The highest BCUT2D eigenvalue weighted by molar-refractivity contribution is 7.12. The molecule has 3 aromatic heterocycles. The Hall–Kier alpha value is -2.92. The first-order chi connectivity index (χ1) is 14.8.